The minimum atomic E-state index is -0.0546. The Morgan fingerprint density at radius 2 is 1.80 bits per heavy atom. The fourth-order valence-electron chi connectivity index (χ4n) is 2.70. The van der Waals surface area contributed by atoms with E-state index in [1.165, 1.54) is 0 Å². The maximum absolute atomic E-state index is 12.7. The molecular formula is C20H19ClN2O2. The number of nitrogens with zero attached hydrogens (tertiary/aromatic N) is 2. The van der Waals surface area contributed by atoms with Crippen LogP contribution in [0.25, 0.3) is 5.69 Å². The highest BCUT2D eigenvalue weighted by molar-refractivity contribution is 6.30. The summed E-state index contributed by atoms with van der Waals surface area (Å²) >= 11 is 6.06. The molecular weight excluding hydrogens is 336 g/mol. The largest absolute Gasteiger partial charge is 0.496 e. The second kappa shape index (κ2) is 7.45. The Morgan fingerprint density at radius 3 is 2.44 bits per heavy atom. The van der Waals surface area contributed by atoms with E-state index in [2.05, 4.69) is 0 Å². The molecule has 5 heteroatoms. The van der Waals surface area contributed by atoms with E-state index in [0.717, 1.165) is 11.3 Å². The van der Waals surface area contributed by atoms with Crippen LogP contribution in [0.2, 0.25) is 5.02 Å². The Hall–Kier alpha value is -2.72. The van der Waals surface area contributed by atoms with Crippen molar-refractivity contribution in [1.82, 2.24) is 9.47 Å². The molecule has 0 radical (unpaired) electrons. The van der Waals surface area contributed by atoms with E-state index in [1.54, 1.807) is 25.1 Å². The van der Waals surface area contributed by atoms with E-state index < -0.39 is 0 Å². The average Bonchev–Trinajstić information content (AvgIpc) is 3.16. The molecule has 4 nitrogen and oxygen atoms in total. The summed E-state index contributed by atoms with van der Waals surface area (Å²) in [5, 5.41) is 0.618. The molecule has 25 heavy (non-hydrogen) atoms. The van der Waals surface area contributed by atoms with Gasteiger partial charge in [0.15, 0.2) is 0 Å². The zero-order valence-electron chi connectivity index (χ0n) is 14.1. The fourth-order valence-corrected chi connectivity index (χ4v) is 2.90. The summed E-state index contributed by atoms with van der Waals surface area (Å²) in [5.41, 5.74) is 2.52. The SMILES string of the molecule is COc1ccc(Cl)cc1CN(C)C(=O)c1ccc(-n2cccc2)cc1. The van der Waals surface area contributed by atoms with Crippen LogP contribution >= 0.6 is 11.6 Å². The van der Waals surface area contributed by atoms with Gasteiger partial charge in [-0.1, -0.05) is 11.6 Å². The van der Waals surface area contributed by atoms with Gasteiger partial charge >= 0.3 is 0 Å². The molecule has 1 heterocycles. The zero-order valence-corrected chi connectivity index (χ0v) is 14.9. The van der Waals surface area contributed by atoms with Crippen molar-refractivity contribution in [3.05, 3.63) is 83.1 Å². The first-order valence-corrected chi connectivity index (χ1v) is 8.27. The molecule has 1 amide bonds. The molecule has 3 aromatic rings. The molecule has 0 bridgehead atoms. The molecule has 0 atom stereocenters. The minimum Gasteiger partial charge on any atom is -0.496 e. The molecule has 3 rings (SSSR count). The first kappa shape index (κ1) is 17.1. The van der Waals surface area contributed by atoms with Crippen LogP contribution in [0.1, 0.15) is 15.9 Å². The number of rotatable bonds is 5. The highest BCUT2D eigenvalue weighted by atomic mass is 35.5. The quantitative estimate of drug-likeness (QED) is 0.680. The van der Waals surface area contributed by atoms with Crippen molar-refractivity contribution >= 4 is 17.5 Å². The van der Waals surface area contributed by atoms with Gasteiger partial charge in [0.1, 0.15) is 5.75 Å². The van der Waals surface area contributed by atoms with E-state index >= 15 is 0 Å². The lowest BCUT2D eigenvalue weighted by Crippen LogP contribution is -2.26. The molecule has 0 saturated heterocycles. The monoisotopic (exact) mass is 354 g/mol. The van der Waals surface area contributed by atoms with Crippen LogP contribution in [0, 0.1) is 0 Å². The Bertz CT molecular complexity index is 858. The van der Waals surface area contributed by atoms with E-state index in [1.807, 2.05) is 65.5 Å². The lowest BCUT2D eigenvalue weighted by molar-refractivity contribution is 0.0784. The Balaban J connectivity index is 1.75. The molecule has 0 saturated carbocycles. The van der Waals surface area contributed by atoms with Crippen LogP contribution in [0.15, 0.2) is 67.0 Å². The lowest BCUT2D eigenvalue weighted by Gasteiger charge is -2.19. The van der Waals surface area contributed by atoms with Gasteiger partial charge in [0.05, 0.1) is 7.11 Å². The van der Waals surface area contributed by atoms with Crippen LogP contribution in [0.3, 0.4) is 0 Å². The van der Waals surface area contributed by atoms with Crippen molar-refractivity contribution in [2.45, 2.75) is 6.54 Å². The second-order valence-electron chi connectivity index (χ2n) is 5.75. The number of ether oxygens (including phenoxy) is 1. The van der Waals surface area contributed by atoms with Gasteiger partial charge in [0.2, 0.25) is 0 Å². The van der Waals surface area contributed by atoms with E-state index in [4.69, 9.17) is 16.3 Å². The van der Waals surface area contributed by atoms with Gasteiger partial charge in [0.25, 0.3) is 5.91 Å². The Labute approximate surface area is 152 Å². The van der Waals surface area contributed by atoms with E-state index in [9.17, 15) is 4.79 Å². The maximum Gasteiger partial charge on any atom is 0.253 e. The summed E-state index contributed by atoms with van der Waals surface area (Å²) in [4.78, 5) is 14.3. The number of benzene rings is 2. The molecule has 0 spiro atoms. The van der Waals surface area contributed by atoms with Crippen LogP contribution in [-0.4, -0.2) is 29.5 Å². The normalized spacial score (nSPS) is 10.5. The van der Waals surface area contributed by atoms with Crippen molar-refractivity contribution in [2.24, 2.45) is 0 Å². The molecule has 128 valence electrons. The van der Waals surface area contributed by atoms with Crippen molar-refractivity contribution < 1.29 is 9.53 Å². The molecule has 0 fully saturated rings. The van der Waals surface area contributed by atoms with Crippen LogP contribution in [0.4, 0.5) is 0 Å². The van der Waals surface area contributed by atoms with Crippen molar-refractivity contribution in [1.29, 1.82) is 0 Å². The van der Waals surface area contributed by atoms with Crippen molar-refractivity contribution in [2.75, 3.05) is 14.2 Å². The summed E-state index contributed by atoms with van der Waals surface area (Å²) in [6, 6.07) is 16.9. The number of amides is 1. The number of halogens is 1. The van der Waals surface area contributed by atoms with Crippen LogP contribution < -0.4 is 4.74 Å². The third-order valence-electron chi connectivity index (χ3n) is 4.01. The summed E-state index contributed by atoms with van der Waals surface area (Å²) in [6.07, 6.45) is 3.93. The number of aromatic nitrogens is 1. The number of hydrogen-bond donors (Lipinski definition) is 0. The fraction of sp³-hybridized carbons (Fsp3) is 0.150. The highest BCUT2D eigenvalue weighted by Gasteiger charge is 2.14. The Kier molecular flexibility index (Phi) is 5.10. The lowest BCUT2D eigenvalue weighted by atomic mass is 10.1. The predicted octanol–water partition coefficient (Wildman–Crippen LogP) is 4.41. The molecule has 0 aliphatic rings. The number of hydrogen-bond acceptors (Lipinski definition) is 2. The Morgan fingerprint density at radius 1 is 1.12 bits per heavy atom. The summed E-state index contributed by atoms with van der Waals surface area (Å²) in [7, 11) is 3.37. The van der Waals surface area contributed by atoms with Gasteiger partial charge in [-0.3, -0.25) is 4.79 Å². The maximum atomic E-state index is 12.7. The smallest absolute Gasteiger partial charge is 0.253 e. The summed E-state index contributed by atoms with van der Waals surface area (Å²) in [5.74, 6) is 0.660. The van der Waals surface area contributed by atoms with Gasteiger partial charge in [-0.25, -0.2) is 0 Å². The molecule has 0 aliphatic carbocycles. The molecule has 0 N–H and O–H groups in total. The first-order chi connectivity index (χ1) is 12.1. The van der Waals surface area contributed by atoms with Crippen molar-refractivity contribution in [3.8, 4) is 11.4 Å². The standard InChI is InChI=1S/C20H19ClN2O2/c1-22(14-16-13-17(21)7-10-19(16)25-2)20(24)15-5-8-18(9-6-15)23-11-3-4-12-23/h3-13H,14H2,1-2H3. The number of carbonyl (C=O) groups is 1. The van der Waals surface area contributed by atoms with E-state index in [-0.39, 0.29) is 5.91 Å². The summed E-state index contributed by atoms with van der Waals surface area (Å²) < 4.78 is 7.34. The van der Waals surface area contributed by atoms with Gasteiger partial charge in [-0.15, -0.1) is 0 Å². The van der Waals surface area contributed by atoms with E-state index in [0.29, 0.717) is 22.9 Å². The minimum absolute atomic E-state index is 0.0546. The van der Waals surface area contributed by atoms with Crippen LogP contribution in [0.5, 0.6) is 5.75 Å². The molecule has 1 aromatic heterocycles. The van der Waals surface area contributed by atoms with Crippen molar-refractivity contribution in [3.63, 3.8) is 0 Å². The predicted molar refractivity (Wildman–Crippen MR) is 99.6 cm³/mol. The molecule has 0 unspecified atom stereocenters. The average molecular weight is 355 g/mol. The third kappa shape index (κ3) is 3.86. The van der Waals surface area contributed by atoms with Gasteiger partial charge in [0, 0.05) is 47.8 Å². The topological polar surface area (TPSA) is 34.5 Å². The number of methoxy groups -OCH3 is 1. The number of carbonyl (C=O) groups excluding carboxylic acids is 1. The van der Waals surface area contributed by atoms with Gasteiger partial charge < -0.3 is 14.2 Å². The zero-order chi connectivity index (χ0) is 17.8. The summed E-state index contributed by atoms with van der Waals surface area (Å²) in [6.45, 7) is 0.419. The molecule has 2 aromatic carbocycles. The first-order valence-electron chi connectivity index (χ1n) is 7.90. The third-order valence-corrected chi connectivity index (χ3v) is 4.25. The van der Waals surface area contributed by atoms with Crippen LogP contribution in [-0.2, 0) is 6.54 Å². The van der Waals surface area contributed by atoms with Gasteiger partial charge in [-0.2, -0.15) is 0 Å². The molecule has 0 aliphatic heterocycles. The second-order valence-corrected chi connectivity index (χ2v) is 6.19. The highest BCUT2D eigenvalue weighted by Crippen LogP contribution is 2.24. The van der Waals surface area contributed by atoms with Gasteiger partial charge in [-0.05, 0) is 54.6 Å².